The summed E-state index contributed by atoms with van der Waals surface area (Å²) in [6.45, 7) is 5.57. The number of methoxy groups -OCH3 is 1. The first-order valence-electron chi connectivity index (χ1n) is 16.4. The van der Waals surface area contributed by atoms with E-state index < -0.39 is 38.1 Å². The lowest BCUT2D eigenvalue weighted by atomic mass is 10.0. The summed E-state index contributed by atoms with van der Waals surface area (Å²) in [5, 5.41) is 10.6. The van der Waals surface area contributed by atoms with Crippen LogP contribution >= 0.6 is 11.6 Å². The standard InChI is InChI=1S/C35H46ClN3O9S2/c1-24-21-39(25(2)23-40)35(41)32-20-28(37-49(42,43)30-14-9-27(36)10-15-30)11-18-33(32)48-26(3)8-6-7-19-47-34(24)22-38(4)50(44,45)31-16-12-29(46-5)13-17-31/h9-18,20,24-26,34,37,40H,6-8,19,21-23H2,1-5H3/t24-,25+,26+,34-/m0/s1. The van der Waals surface area contributed by atoms with Crippen molar-refractivity contribution in [2.24, 2.45) is 5.92 Å². The molecule has 0 saturated carbocycles. The lowest BCUT2D eigenvalue weighted by Gasteiger charge is -2.35. The number of nitrogens with zero attached hydrogens (tertiary/aromatic N) is 2. The molecule has 2 N–H and O–H groups in total. The number of fused-ring (bicyclic) bond motifs is 1. The molecule has 1 heterocycles. The number of benzene rings is 3. The molecule has 3 aromatic rings. The van der Waals surface area contributed by atoms with Crippen LogP contribution in [0.4, 0.5) is 5.69 Å². The predicted molar refractivity (Wildman–Crippen MR) is 192 cm³/mol. The van der Waals surface area contributed by atoms with E-state index in [2.05, 4.69) is 4.72 Å². The van der Waals surface area contributed by atoms with Gasteiger partial charge >= 0.3 is 0 Å². The minimum Gasteiger partial charge on any atom is -0.497 e. The summed E-state index contributed by atoms with van der Waals surface area (Å²) in [4.78, 5) is 16.0. The van der Waals surface area contributed by atoms with Gasteiger partial charge in [0.1, 0.15) is 11.5 Å². The van der Waals surface area contributed by atoms with Gasteiger partial charge in [0, 0.05) is 43.4 Å². The van der Waals surface area contributed by atoms with E-state index in [1.165, 1.54) is 71.9 Å². The zero-order valence-electron chi connectivity index (χ0n) is 28.9. The van der Waals surface area contributed by atoms with Crippen molar-refractivity contribution in [3.05, 3.63) is 77.3 Å². The van der Waals surface area contributed by atoms with E-state index in [0.717, 1.165) is 6.42 Å². The lowest BCUT2D eigenvalue weighted by Crippen LogP contribution is -2.48. The van der Waals surface area contributed by atoms with E-state index in [1.54, 1.807) is 25.1 Å². The topological polar surface area (TPSA) is 152 Å². The van der Waals surface area contributed by atoms with E-state index in [-0.39, 0.29) is 58.5 Å². The molecular formula is C35H46ClN3O9S2. The summed E-state index contributed by atoms with van der Waals surface area (Å²) < 4.78 is 74.9. The Morgan fingerprint density at radius 3 is 2.32 bits per heavy atom. The second-order valence-corrected chi connectivity index (χ2v) is 16.7. The molecule has 1 amide bonds. The van der Waals surface area contributed by atoms with Crippen LogP contribution in [0.25, 0.3) is 0 Å². The normalized spacial score (nSPS) is 20.4. The van der Waals surface area contributed by atoms with E-state index in [4.69, 9.17) is 25.8 Å². The average molecular weight is 752 g/mol. The van der Waals surface area contributed by atoms with Crippen molar-refractivity contribution >= 4 is 43.2 Å². The molecule has 0 aliphatic carbocycles. The van der Waals surface area contributed by atoms with Crippen molar-refractivity contribution in [2.75, 3.05) is 45.2 Å². The summed E-state index contributed by atoms with van der Waals surface area (Å²) >= 11 is 5.94. The molecule has 0 saturated heterocycles. The van der Waals surface area contributed by atoms with Gasteiger partial charge in [-0.1, -0.05) is 18.5 Å². The van der Waals surface area contributed by atoms with Crippen LogP contribution < -0.4 is 14.2 Å². The summed E-state index contributed by atoms with van der Waals surface area (Å²) in [6.07, 6.45) is 1.19. The quantitative estimate of drug-likeness (QED) is 0.283. The number of halogens is 1. The third-order valence-electron chi connectivity index (χ3n) is 8.63. The Kier molecular flexibility index (Phi) is 13.6. The van der Waals surface area contributed by atoms with Gasteiger partial charge in [-0.25, -0.2) is 16.8 Å². The molecule has 1 aliphatic heterocycles. The molecule has 12 nitrogen and oxygen atoms in total. The maximum absolute atomic E-state index is 14.4. The number of hydrogen-bond acceptors (Lipinski definition) is 9. The molecule has 1 aliphatic rings. The Balaban J connectivity index is 1.66. The highest BCUT2D eigenvalue weighted by Gasteiger charge is 2.32. The van der Waals surface area contributed by atoms with Crippen LogP contribution in [0.3, 0.4) is 0 Å². The molecule has 0 bridgehead atoms. The van der Waals surface area contributed by atoms with E-state index in [9.17, 15) is 26.7 Å². The monoisotopic (exact) mass is 751 g/mol. The number of ether oxygens (including phenoxy) is 3. The van der Waals surface area contributed by atoms with E-state index in [0.29, 0.717) is 30.2 Å². The van der Waals surface area contributed by atoms with Crippen LogP contribution in [0.15, 0.2) is 76.5 Å². The van der Waals surface area contributed by atoms with Crippen molar-refractivity contribution in [3.8, 4) is 11.5 Å². The third-order valence-corrected chi connectivity index (χ3v) is 12.1. The number of hydrogen-bond donors (Lipinski definition) is 2. The van der Waals surface area contributed by atoms with E-state index in [1.807, 2.05) is 13.8 Å². The maximum atomic E-state index is 14.4. The fourth-order valence-corrected chi connectivity index (χ4v) is 7.91. The Morgan fingerprint density at radius 1 is 1.02 bits per heavy atom. The van der Waals surface area contributed by atoms with Gasteiger partial charge < -0.3 is 24.2 Å². The summed E-state index contributed by atoms with van der Waals surface area (Å²) in [7, 11) is -4.92. The fourth-order valence-electron chi connectivity index (χ4n) is 5.56. The second-order valence-electron chi connectivity index (χ2n) is 12.5. The summed E-state index contributed by atoms with van der Waals surface area (Å²) in [6, 6.07) is 15.7. The van der Waals surface area contributed by atoms with Crippen molar-refractivity contribution in [1.82, 2.24) is 9.21 Å². The molecule has 15 heteroatoms. The van der Waals surface area contributed by atoms with Crippen LogP contribution in [0.5, 0.6) is 11.5 Å². The summed E-state index contributed by atoms with van der Waals surface area (Å²) in [5.41, 5.74) is 0.245. The van der Waals surface area contributed by atoms with Gasteiger partial charge in [-0.05, 0) is 99.8 Å². The molecule has 3 aromatic carbocycles. The highest BCUT2D eigenvalue weighted by molar-refractivity contribution is 7.92. The van der Waals surface area contributed by atoms with Crippen LogP contribution in [-0.2, 0) is 24.8 Å². The van der Waals surface area contributed by atoms with Crippen molar-refractivity contribution in [2.45, 2.75) is 68.1 Å². The molecule has 274 valence electrons. The first-order chi connectivity index (χ1) is 23.7. The lowest BCUT2D eigenvalue weighted by molar-refractivity contribution is -0.00833. The largest absolute Gasteiger partial charge is 0.497 e. The molecule has 0 spiro atoms. The van der Waals surface area contributed by atoms with Crippen LogP contribution in [0.2, 0.25) is 5.02 Å². The van der Waals surface area contributed by atoms with Gasteiger partial charge in [0.05, 0.1) is 47.3 Å². The zero-order chi connectivity index (χ0) is 36.6. The first kappa shape index (κ1) is 39.4. The van der Waals surface area contributed by atoms with Gasteiger partial charge in [0.2, 0.25) is 10.0 Å². The zero-order valence-corrected chi connectivity index (χ0v) is 31.3. The number of aliphatic hydroxyl groups excluding tert-OH is 1. The number of nitrogens with one attached hydrogen (secondary N) is 1. The number of rotatable bonds is 10. The van der Waals surface area contributed by atoms with Crippen LogP contribution in [-0.4, -0.2) is 95.8 Å². The Bertz CT molecular complexity index is 1810. The molecule has 4 atom stereocenters. The number of carbonyl (C=O) groups is 1. The number of sulfonamides is 2. The highest BCUT2D eigenvalue weighted by atomic mass is 35.5. The Labute approximate surface area is 300 Å². The van der Waals surface area contributed by atoms with Gasteiger partial charge in [-0.2, -0.15) is 4.31 Å². The molecule has 0 unspecified atom stereocenters. The number of aliphatic hydroxyl groups is 1. The van der Waals surface area contributed by atoms with Crippen molar-refractivity contribution in [3.63, 3.8) is 0 Å². The van der Waals surface area contributed by atoms with Crippen LogP contribution in [0, 0.1) is 5.92 Å². The Morgan fingerprint density at radius 2 is 1.68 bits per heavy atom. The smallest absolute Gasteiger partial charge is 0.261 e. The van der Waals surface area contributed by atoms with E-state index >= 15 is 0 Å². The third kappa shape index (κ3) is 9.89. The molecule has 0 fully saturated rings. The minimum atomic E-state index is -4.02. The van der Waals surface area contributed by atoms with Gasteiger partial charge in [-0.15, -0.1) is 0 Å². The summed E-state index contributed by atoms with van der Waals surface area (Å²) in [5.74, 6) is -0.0814. The highest BCUT2D eigenvalue weighted by Crippen LogP contribution is 2.30. The number of carbonyl (C=O) groups excluding carboxylic acids is 1. The fraction of sp³-hybridized carbons (Fsp3) is 0.457. The molecular weight excluding hydrogens is 706 g/mol. The molecule has 50 heavy (non-hydrogen) atoms. The number of amides is 1. The van der Waals surface area contributed by atoms with Gasteiger partial charge in [0.15, 0.2) is 0 Å². The van der Waals surface area contributed by atoms with Gasteiger partial charge in [0.25, 0.3) is 15.9 Å². The SMILES string of the molecule is COc1ccc(S(=O)(=O)N(C)C[C@@H]2OCCCC[C@@H](C)Oc3ccc(NS(=O)(=O)c4ccc(Cl)cc4)cc3C(=O)N([C@H](C)CO)C[C@@H]2C)cc1. The Hall–Kier alpha value is -3.40. The van der Waals surface area contributed by atoms with Crippen molar-refractivity contribution < 1.29 is 40.9 Å². The second kappa shape index (κ2) is 17.2. The number of likely N-dealkylation sites (N-methyl/N-ethyl adjacent to an activating group) is 1. The molecule has 4 rings (SSSR count). The predicted octanol–water partition coefficient (Wildman–Crippen LogP) is 5.27. The first-order valence-corrected chi connectivity index (χ1v) is 19.7. The molecule has 0 aromatic heterocycles. The average Bonchev–Trinajstić information content (AvgIpc) is 3.09. The minimum absolute atomic E-state index is 0.00690. The molecule has 0 radical (unpaired) electrons. The van der Waals surface area contributed by atoms with Crippen molar-refractivity contribution in [1.29, 1.82) is 0 Å². The number of anilines is 1. The van der Waals surface area contributed by atoms with Gasteiger partial charge in [-0.3, -0.25) is 9.52 Å². The van der Waals surface area contributed by atoms with Crippen LogP contribution in [0.1, 0.15) is 50.4 Å². The maximum Gasteiger partial charge on any atom is 0.261 e.